The van der Waals surface area contributed by atoms with Crippen LogP contribution < -0.4 is 5.32 Å². The Kier molecular flexibility index (Phi) is 5.57. The topological polar surface area (TPSA) is 129 Å². The van der Waals surface area contributed by atoms with E-state index in [4.69, 9.17) is 0 Å². The molecule has 0 aromatic carbocycles. The first kappa shape index (κ1) is 22.7. The lowest BCUT2D eigenvalue weighted by Gasteiger charge is -2.06. The molecule has 6 aromatic heterocycles. The molecule has 0 saturated carbocycles. The van der Waals surface area contributed by atoms with Gasteiger partial charge in [0.1, 0.15) is 5.65 Å². The van der Waals surface area contributed by atoms with E-state index in [9.17, 15) is 9.59 Å². The molecule has 0 unspecified atom stereocenters. The Hall–Kier alpha value is -4.70. The van der Waals surface area contributed by atoms with E-state index < -0.39 is 0 Å². The summed E-state index contributed by atoms with van der Waals surface area (Å²) in [7, 11) is 0. The van der Waals surface area contributed by atoms with Crippen molar-refractivity contribution in [1.29, 1.82) is 0 Å². The van der Waals surface area contributed by atoms with E-state index in [1.54, 1.807) is 38.6 Å². The molecule has 0 bridgehead atoms. The fourth-order valence-electron chi connectivity index (χ4n) is 4.23. The molecule has 6 heterocycles. The predicted octanol–water partition coefficient (Wildman–Crippen LogP) is 5.84. The quantitative estimate of drug-likeness (QED) is 0.243. The van der Waals surface area contributed by atoms with Crippen LogP contribution in [0.15, 0.2) is 61.2 Å². The molecule has 1 amide bonds. The molecule has 0 radical (unpaired) electrons. The van der Waals surface area contributed by atoms with E-state index in [-0.39, 0.29) is 11.7 Å². The number of Topliss-reactive ketones (excluding diaryl/α,β-unsaturated/α-hetero) is 1. The standard InChI is InChI=1S/C27H21N7O2S/c1-3-24(36)31-17-8-15(11-28-13-17)16-9-20-25(33-34-27(20)30-12-16)21-10-19-18(6-7-29-26(19)32-21)23-5-4-22(37-23)14(2)35/h4-13H,3H2,1-2H3,(H,29,32)(H,31,36)(H,30,33,34). The van der Waals surface area contributed by atoms with Crippen LogP contribution in [0.5, 0.6) is 0 Å². The molecular formula is C27H21N7O2S. The van der Waals surface area contributed by atoms with Crippen molar-refractivity contribution in [3.63, 3.8) is 0 Å². The molecule has 0 aliphatic carbocycles. The summed E-state index contributed by atoms with van der Waals surface area (Å²) in [6.07, 6.45) is 7.24. The second-order valence-corrected chi connectivity index (χ2v) is 9.67. The molecule has 37 heavy (non-hydrogen) atoms. The van der Waals surface area contributed by atoms with Crippen molar-refractivity contribution in [3.05, 3.63) is 66.1 Å². The fourth-order valence-corrected chi connectivity index (χ4v) is 5.17. The van der Waals surface area contributed by atoms with Gasteiger partial charge in [0.15, 0.2) is 11.4 Å². The number of amides is 1. The number of H-pyrrole nitrogens is 2. The summed E-state index contributed by atoms with van der Waals surface area (Å²) >= 11 is 1.47. The molecule has 6 aromatic rings. The summed E-state index contributed by atoms with van der Waals surface area (Å²) in [5.74, 6) is -0.0199. The van der Waals surface area contributed by atoms with E-state index >= 15 is 0 Å². The third kappa shape index (κ3) is 4.17. The Bertz CT molecular complexity index is 1810. The van der Waals surface area contributed by atoms with Crippen molar-refractivity contribution in [2.75, 3.05) is 5.32 Å². The molecule has 10 heteroatoms. The van der Waals surface area contributed by atoms with E-state index in [0.717, 1.165) is 54.3 Å². The van der Waals surface area contributed by atoms with Crippen molar-refractivity contribution < 1.29 is 9.59 Å². The van der Waals surface area contributed by atoms with E-state index in [2.05, 4.69) is 35.5 Å². The highest BCUT2D eigenvalue weighted by Gasteiger charge is 2.16. The molecule has 0 fully saturated rings. The van der Waals surface area contributed by atoms with Gasteiger partial charge in [0.2, 0.25) is 5.91 Å². The first-order chi connectivity index (χ1) is 18.0. The number of thiophene rings is 1. The Morgan fingerprint density at radius 3 is 2.68 bits per heavy atom. The highest BCUT2D eigenvalue weighted by Crippen LogP contribution is 2.36. The molecule has 0 saturated heterocycles. The highest BCUT2D eigenvalue weighted by atomic mass is 32.1. The smallest absolute Gasteiger partial charge is 0.224 e. The number of carbonyl (C=O) groups is 2. The number of anilines is 1. The van der Waals surface area contributed by atoms with E-state index in [1.165, 1.54) is 11.3 Å². The Morgan fingerprint density at radius 2 is 1.86 bits per heavy atom. The van der Waals surface area contributed by atoms with Crippen LogP contribution in [0.1, 0.15) is 29.9 Å². The zero-order chi connectivity index (χ0) is 25.5. The lowest BCUT2D eigenvalue weighted by Crippen LogP contribution is -2.09. The van der Waals surface area contributed by atoms with Gasteiger partial charge in [0.05, 0.1) is 28.1 Å². The van der Waals surface area contributed by atoms with E-state index in [0.29, 0.717) is 17.8 Å². The Balaban J connectivity index is 1.42. The number of carbonyl (C=O) groups excluding carboxylic acids is 2. The monoisotopic (exact) mass is 507 g/mol. The van der Waals surface area contributed by atoms with Gasteiger partial charge < -0.3 is 10.3 Å². The minimum atomic E-state index is -0.0727. The lowest BCUT2D eigenvalue weighted by atomic mass is 10.1. The molecule has 6 rings (SSSR count). The number of nitrogens with one attached hydrogen (secondary N) is 3. The normalized spacial score (nSPS) is 11.3. The van der Waals surface area contributed by atoms with Gasteiger partial charge in [-0.05, 0) is 43.3 Å². The molecule has 0 aliphatic rings. The second-order valence-electron chi connectivity index (χ2n) is 8.58. The van der Waals surface area contributed by atoms with Crippen LogP contribution in [0.25, 0.3) is 55.0 Å². The SMILES string of the molecule is CCC(=O)Nc1cncc(-c2cnc3n[nH]c(-c4cc5c(-c6ccc(C(C)=O)s6)ccnc5[nH]4)c3c2)c1. The van der Waals surface area contributed by atoms with Gasteiger partial charge in [0, 0.05) is 57.4 Å². The first-order valence-corrected chi connectivity index (χ1v) is 12.5. The largest absolute Gasteiger partial charge is 0.338 e. The zero-order valence-electron chi connectivity index (χ0n) is 20.0. The van der Waals surface area contributed by atoms with Crippen molar-refractivity contribution >= 4 is 50.8 Å². The average Bonchev–Trinajstić information content (AvgIpc) is 3.66. The van der Waals surface area contributed by atoms with Crippen molar-refractivity contribution in [1.82, 2.24) is 30.1 Å². The summed E-state index contributed by atoms with van der Waals surface area (Å²) in [4.78, 5) is 42.0. The molecular weight excluding hydrogens is 486 g/mol. The molecule has 182 valence electrons. The van der Waals surface area contributed by atoms with Crippen LogP contribution in [0.4, 0.5) is 5.69 Å². The van der Waals surface area contributed by atoms with Gasteiger partial charge in [-0.1, -0.05) is 6.92 Å². The molecule has 0 spiro atoms. The number of nitrogens with zero attached hydrogens (tertiary/aromatic N) is 4. The maximum absolute atomic E-state index is 11.8. The number of hydrogen-bond acceptors (Lipinski definition) is 7. The third-order valence-corrected chi connectivity index (χ3v) is 7.33. The van der Waals surface area contributed by atoms with Crippen molar-refractivity contribution in [2.24, 2.45) is 0 Å². The average molecular weight is 508 g/mol. The van der Waals surface area contributed by atoms with Gasteiger partial charge in [-0.15, -0.1) is 11.3 Å². The summed E-state index contributed by atoms with van der Waals surface area (Å²) in [6.45, 7) is 3.38. The third-order valence-electron chi connectivity index (χ3n) is 6.11. The first-order valence-electron chi connectivity index (χ1n) is 11.7. The number of fused-ring (bicyclic) bond motifs is 2. The van der Waals surface area contributed by atoms with Crippen LogP contribution in [-0.4, -0.2) is 41.8 Å². The van der Waals surface area contributed by atoms with Gasteiger partial charge >= 0.3 is 0 Å². The predicted molar refractivity (Wildman–Crippen MR) is 144 cm³/mol. The summed E-state index contributed by atoms with van der Waals surface area (Å²) < 4.78 is 0. The van der Waals surface area contributed by atoms with Crippen LogP contribution in [0, 0.1) is 0 Å². The molecule has 0 aliphatic heterocycles. The maximum Gasteiger partial charge on any atom is 0.224 e. The van der Waals surface area contributed by atoms with Gasteiger partial charge in [-0.2, -0.15) is 5.10 Å². The van der Waals surface area contributed by atoms with Crippen LogP contribution >= 0.6 is 11.3 Å². The van der Waals surface area contributed by atoms with Crippen LogP contribution in [0.3, 0.4) is 0 Å². The number of aromatic nitrogens is 6. The van der Waals surface area contributed by atoms with Crippen molar-refractivity contribution in [3.8, 4) is 33.0 Å². The van der Waals surface area contributed by atoms with Gasteiger partial charge in [0.25, 0.3) is 0 Å². The fraction of sp³-hybridized carbons (Fsp3) is 0.111. The van der Waals surface area contributed by atoms with Crippen molar-refractivity contribution in [2.45, 2.75) is 20.3 Å². The number of rotatable bonds is 6. The highest BCUT2D eigenvalue weighted by molar-refractivity contribution is 7.17. The van der Waals surface area contributed by atoms with Gasteiger partial charge in [-0.25, -0.2) is 9.97 Å². The minimum Gasteiger partial charge on any atom is -0.338 e. The molecule has 9 nitrogen and oxygen atoms in total. The zero-order valence-corrected chi connectivity index (χ0v) is 20.8. The summed E-state index contributed by atoms with van der Waals surface area (Å²) in [5.41, 5.74) is 6.24. The number of ketones is 1. The minimum absolute atomic E-state index is 0.0528. The molecule has 0 atom stereocenters. The van der Waals surface area contributed by atoms with Crippen LogP contribution in [0.2, 0.25) is 0 Å². The Labute approximate surface area is 215 Å². The number of aromatic amines is 2. The number of pyridine rings is 3. The summed E-state index contributed by atoms with van der Waals surface area (Å²) in [5, 5.41) is 12.1. The number of hydrogen-bond donors (Lipinski definition) is 3. The van der Waals surface area contributed by atoms with E-state index in [1.807, 2.05) is 36.4 Å². The maximum atomic E-state index is 11.8. The van der Waals surface area contributed by atoms with Gasteiger partial charge in [-0.3, -0.25) is 19.7 Å². The Morgan fingerprint density at radius 1 is 1.00 bits per heavy atom. The molecule has 3 N–H and O–H groups in total. The second kappa shape index (κ2) is 9.07. The lowest BCUT2D eigenvalue weighted by molar-refractivity contribution is -0.115. The summed E-state index contributed by atoms with van der Waals surface area (Å²) in [6, 6.07) is 11.7. The van der Waals surface area contributed by atoms with Crippen LogP contribution in [-0.2, 0) is 4.79 Å².